The van der Waals surface area contributed by atoms with Crippen molar-refractivity contribution in [3.05, 3.63) is 93.4 Å². The van der Waals surface area contributed by atoms with E-state index in [0.717, 1.165) is 41.2 Å². The number of hydrogen-bond acceptors (Lipinski definition) is 3. The summed E-state index contributed by atoms with van der Waals surface area (Å²) in [5.74, 6) is 1.93. The van der Waals surface area contributed by atoms with Gasteiger partial charge in [0.1, 0.15) is 11.5 Å². The summed E-state index contributed by atoms with van der Waals surface area (Å²) in [5, 5.41) is 0.572. The lowest BCUT2D eigenvalue weighted by molar-refractivity contribution is 0.0729. The van der Waals surface area contributed by atoms with Gasteiger partial charge in [-0.1, -0.05) is 60.2 Å². The molecule has 0 atom stereocenters. The molecule has 0 saturated heterocycles. The molecule has 0 unspecified atom stereocenters. The highest BCUT2D eigenvalue weighted by molar-refractivity contribution is 6.32. The van der Waals surface area contributed by atoms with Crippen LogP contribution >= 0.6 is 11.6 Å². The molecule has 3 aromatic rings. The van der Waals surface area contributed by atoms with Crippen molar-refractivity contribution in [2.75, 3.05) is 20.6 Å². The topological polar surface area (TPSA) is 36.7 Å². The molecule has 0 spiro atoms. The number of carbonyl (C=O) groups excluding carboxylic acids is 1. The van der Waals surface area contributed by atoms with Gasteiger partial charge >= 0.3 is 0 Å². The number of hydrogen-bond donors (Lipinski definition) is 0. The molecule has 1 aliphatic rings. The fourth-order valence-corrected chi connectivity index (χ4v) is 3.93. The van der Waals surface area contributed by atoms with E-state index in [-0.39, 0.29) is 5.91 Å². The lowest BCUT2D eigenvalue weighted by atomic mass is 10.1. The van der Waals surface area contributed by atoms with Crippen molar-refractivity contribution in [2.24, 2.45) is 0 Å². The highest BCUT2D eigenvalue weighted by Crippen LogP contribution is 2.26. The number of fused-ring (bicyclic) bond motifs is 1. The predicted molar refractivity (Wildman–Crippen MR) is 121 cm³/mol. The Morgan fingerprint density at radius 1 is 1.13 bits per heavy atom. The van der Waals surface area contributed by atoms with Crippen LogP contribution in [-0.4, -0.2) is 36.3 Å². The number of halogens is 1. The quantitative estimate of drug-likeness (QED) is 0.521. The van der Waals surface area contributed by atoms with Crippen molar-refractivity contribution in [3.63, 3.8) is 0 Å². The van der Waals surface area contributed by atoms with Crippen molar-refractivity contribution in [2.45, 2.75) is 19.5 Å². The Hall–Kier alpha value is -2.82. The molecule has 0 radical (unpaired) electrons. The maximum Gasteiger partial charge on any atom is 0.254 e. The van der Waals surface area contributed by atoms with Gasteiger partial charge < -0.3 is 14.2 Å². The molecule has 2 heterocycles. The van der Waals surface area contributed by atoms with Gasteiger partial charge in [0.2, 0.25) is 0 Å². The molecule has 4 nitrogen and oxygen atoms in total. The van der Waals surface area contributed by atoms with Gasteiger partial charge in [-0.25, -0.2) is 0 Å². The smallest absolute Gasteiger partial charge is 0.254 e. The van der Waals surface area contributed by atoms with Crippen LogP contribution in [0.2, 0.25) is 5.02 Å². The van der Waals surface area contributed by atoms with Gasteiger partial charge in [0.25, 0.3) is 5.91 Å². The first-order chi connectivity index (χ1) is 14.5. The zero-order valence-corrected chi connectivity index (χ0v) is 18.0. The molecule has 1 aromatic heterocycles. The van der Waals surface area contributed by atoms with Crippen LogP contribution in [-0.2, 0) is 19.5 Å². The standard InChI is InChI=1S/C25H25ClN2O2/c1-27(2)17-22-14-21-16-28(13-12-24(21)30-22)25(29)20-11-10-19(23(26)15-20)9-8-18-6-4-3-5-7-18/h3-11,14-15H,12-13,16-17H2,1-2H3/b9-8-. The summed E-state index contributed by atoms with van der Waals surface area (Å²) in [6.45, 7) is 1.97. The zero-order chi connectivity index (χ0) is 21.1. The van der Waals surface area contributed by atoms with Crippen molar-refractivity contribution in [1.29, 1.82) is 0 Å². The van der Waals surface area contributed by atoms with E-state index in [1.807, 2.05) is 73.6 Å². The fraction of sp³-hybridized carbons (Fsp3) is 0.240. The molecule has 0 bridgehead atoms. The van der Waals surface area contributed by atoms with E-state index in [9.17, 15) is 4.79 Å². The lowest BCUT2D eigenvalue weighted by Gasteiger charge is -2.26. The minimum Gasteiger partial charge on any atom is -0.464 e. The molecule has 0 aliphatic carbocycles. The average molecular weight is 421 g/mol. The van der Waals surface area contributed by atoms with Crippen LogP contribution in [0.5, 0.6) is 0 Å². The summed E-state index contributed by atoms with van der Waals surface area (Å²) in [5.41, 5.74) is 3.70. The molecule has 4 rings (SSSR count). The Bertz CT molecular complexity index is 1070. The van der Waals surface area contributed by atoms with Crippen molar-refractivity contribution >= 4 is 29.7 Å². The van der Waals surface area contributed by atoms with E-state index >= 15 is 0 Å². The van der Waals surface area contributed by atoms with E-state index < -0.39 is 0 Å². The summed E-state index contributed by atoms with van der Waals surface area (Å²) in [7, 11) is 4.03. The van der Waals surface area contributed by atoms with E-state index in [1.54, 1.807) is 6.07 Å². The summed E-state index contributed by atoms with van der Waals surface area (Å²) in [6.07, 6.45) is 4.72. The highest BCUT2D eigenvalue weighted by Gasteiger charge is 2.25. The Labute approximate surface area is 182 Å². The molecular weight excluding hydrogens is 396 g/mol. The number of benzene rings is 2. The third-order valence-corrected chi connectivity index (χ3v) is 5.51. The predicted octanol–water partition coefficient (Wildman–Crippen LogP) is 5.36. The van der Waals surface area contributed by atoms with Crippen LogP contribution < -0.4 is 0 Å². The van der Waals surface area contributed by atoms with Crippen LogP contribution in [0.4, 0.5) is 0 Å². The number of carbonyl (C=O) groups is 1. The second kappa shape index (κ2) is 8.90. The average Bonchev–Trinajstić information content (AvgIpc) is 3.13. The molecule has 5 heteroatoms. The number of furan rings is 1. The number of nitrogens with zero attached hydrogens (tertiary/aromatic N) is 2. The molecule has 2 aromatic carbocycles. The summed E-state index contributed by atoms with van der Waals surface area (Å²) < 4.78 is 5.94. The highest BCUT2D eigenvalue weighted by atomic mass is 35.5. The van der Waals surface area contributed by atoms with Crippen LogP contribution in [0.3, 0.4) is 0 Å². The minimum atomic E-state index is -0.00324. The summed E-state index contributed by atoms with van der Waals surface area (Å²) >= 11 is 6.47. The Kier molecular flexibility index (Phi) is 6.07. The van der Waals surface area contributed by atoms with Gasteiger partial charge in [-0.3, -0.25) is 4.79 Å². The first-order valence-electron chi connectivity index (χ1n) is 10.1. The van der Waals surface area contributed by atoms with Gasteiger partial charge in [0, 0.05) is 35.7 Å². The van der Waals surface area contributed by atoms with Gasteiger partial charge in [0.15, 0.2) is 0 Å². The zero-order valence-electron chi connectivity index (χ0n) is 17.3. The Morgan fingerprint density at radius 3 is 2.67 bits per heavy atom. The van der Waals surface area contributed by atoms with Gasteiger partial charge in [-0.05, 0) is 43.4 Å². The second-order valence-electron chi connectivity index (χ2n) is 7.86. The Morgan fingerprint density at radius 2 is 1.93 bits per heavy atom. The maximum atomic E-state index is 13.0. The number of rotatable bonds is 5. The third-order valence-electron chi connectivity index (χ3n) is 5.18. The van der Waals surface area contributed by atoms with Crippen LogP contribution in [0.25, 0.3) is 12.2 Å². The lowest BCUT2D eigenvalue weighted by Crippen LogP contribution is -2.35. The monoisotopic (exact) mass is 420 g/mol. The van der Waals surface area contributed by atoms with Crippen LogP contribution in [0.15, 0.2) is 59.0 Å². The van der Waals surface area contributed by atoms with Crippen LogP contribution in [0.1, 0.15) is 38.6 Å². The largest absolute Gasteiger partial charge is 0.464 e. The molecule has 0 saturated carbocycles. The van der Waals surface area contributed by atoms with Crippen LogP contribution in [0, 0.1) is 0 Å². The molecule has 0 N–H and O–H groups in total. The molecule has 30 heavy (non-hydrogen) atoms. The first-order valence-corrected chi connectivity index (χ1v) is 10.4. The minimum absolute atomic E-state index is 0.00324. The summed E-state index contributed by atoms with van der Waals surface area (Å²) in [4.78, 5) is 17.0. The molecule has 154 valence electrons. The van der Waals surface area contributed by atoms with Gasteiger partial charge in [-0.2, -0.15) is 0 Å². The van der Waals surface area contributed by atoms with E-state index in [0.29, 0.717) is 23.7 Å². The third kappa shape index (κ3) is 4.66. The van der Waals surface area contributed by atoms with Gasteiger partial charge in [-0.15, -0.1) is 0 Å². The second-order valence-corrected chi connectivity index (χ2v) is 8.26. The van der Waals surface area contributed by atoms with Gasteiger partial charge in [0.05, 0.1) is 6.54 Å². The first kappa shape index (κ1) is 20.5. The molecule has 1 aliphatic heterocycles. The van der Waals surface area contributed by atoms with Crippen molar-refractivity contribution < 1.29 is 9.21 Å². The molecular formula is C25H25ClN2O2. The fourth-order valence-electron chi connectivity index (χ4n) is 3.69. The number of amides is 1. The van der Waals surface area contributed by atoms with Crippen molar-refractivity contribution in [3.8, 4) is 0 Å². The van der Waals surface area contributed by atoms with Crippen molar-refractivity contribution in [1.82, 2.24) is 9.80 Å². The molecule has 0 fully saturated rings. The van der Waals surface area contributed by atoms with E-state index in [1.165, 1.54) is 0 Å². The van der Waals surface area contributed by atoms with E-state index in [2.05, 4.69) is 11.0 Å². The SMILES string of the molecule is CN(C)Cc1cc2c(o1)CCN(C(=O)c1ccc(/C=C\c3ccccc3)c(Cl)c1)C2. The Balaban J connectivity index is 1.46. The van der Waals surface area contributed by atoms with E-state index in [4.69, 9.17) is 16.0 Å². The maximum absolute atomic E-state index is 13.0. The summed E-state index contributed by atoms with van der Waals surface area (Å²) in [6, 6.07) is 17.6. The molecule has 1 amide bonds. The normalized spacial score (nSPS) is 13.8.